The number of aromatic nitrogens is 3. The largest absolute Gasteiger partial charge is 0.357 e. The van der Waals surface area contributed by atoms with Gasteiger partial charge in [0, 0.05) is 12.7 Å². The molecule has 0 unspecified atom stereocenters. The maximum Gasteiger partial charge on any atom is 0.233 e. The summed E-state index contributed by atoms with van der Waals surface area (Å²) in [5, 5.41) is 6.10. The van der Waals surface area contributed by atoms with E-state index in [2.05, 4.69) is 31.7 Å². The Kier molecular flexibility index (Phi) is 3.62. The van der Waals surface area contributed by atoms with Crippen molar-refractivity contribution in [3.8, 4) is 0 Å². The van der Waals surface area contributed by atoms with Crippen LogP contribution >= 0.6 is 11.6 Å². The van der Waals surface area contributed by atoms with E-state index in [1.807, 2.05) is 26.0 Å². The van der Waals surface area contributed by atoms with Crippen molar-refractivity contribution in [2.24, 2.45) is 0 Å². The highest BCUT2D eigenvalue weighted by Crippen LogP contribution is 2.18. The van der Waals surface area contributed by atoms with Crippen LogP contribution in [-0.4, -0.2) is 22.0 Å². The number of benzene rings is 1. The van der Waals surface area contributed by atoms with Crippen molar-refractivity contribution >= 4 is 29.2 Å². The smallest absolute Gasteiger partial charge is 0.233 e. The summed E-state index contributed by atoms with van der Waals surface area (Å²) in [6.45, 7) is 4.08. The highest BCUT2D eigenvalue weighted by atomic mass is 35.5. The third kappa shape index (κ3) is 3.07. The minimum atomic E-state index is 0.154. The molecule has 0 spiro atoms. The molecule has 18 heavy (non-hydrogen) atoms. The number of hydrogen-bond donors (Lipinski definition) is 2. The van der Waals surface area contributed by atoms with Crippen LogP contribution in [0.3, 0.4) is 0 Å². The molecule has 1 heterocycles. The molecule has 0 aliphatic carbocycles. The monoisotopic (exact) mass is 263 g/mol. The molecular formula is C12H14ClN5. The molecule has 2 N–H and O–H groups in total. The van der Waals surface area contributed by atoms with E-state index in [9.17, 15) is 0 Å². The normalized spacial score (nSPS) is 10.2. The van der Waals surface area contributed by atoms with Gasteiger partial charge in [-0.3, -0.25) is 0 Å². The quantitative estimate of drug-likeness (QED) is 0.892. The number of halogens is 1. The zero-order valence-corrected chi connectivity index (χ0v) is 11.2. The summed E-state index contributed by atoms with van der Waals surface area (Å²) in [6.07, 6.45) is 0. The van der Waals surface area contributed by atoms with Gasteiger partial charge in [-0.1, -0.05) is 6.07 Å². The van der Waals surface area contributed by atoms with Crippen LogP contribution < -0.4 is 10.6 Å². The number of aryl methyl sites for hydroxylation is 2. The van der Waals surface area contributed by atoms with Crippen molar-refractivity contribution < 1.29 is 0 Å². The minimum Gasteiger partial charge on any atom is -0.357 e. The molecule has 0 saturated heterocycles. The van der Waals surface area contributed by atoms with E-state index in [0.717, 1.165) is 5.69 Å². The van der Waals surface area contributed by atoms with E-state index in [0.29, 0.717) is 11.9 Å². The van der Waals surface area contributed by atoms with E-state index in [1.54, 1.807) is 7.05 Å². The maximum absolute atomic E-state index is 5.82. The first-order valence-electron chi connectivity index (χ1n) is 5.51. The highest BCUT2D eigenvalue weighted by Gasteiger charge is 2.04. The molecule has 0 saturated carbocycles. The minimum absolute atomic E-state index is 0.154. The van der Waals surface area contributed by atoms with Crippen LogP contribution in [0.15, 0.2) is 18.2 Å². The number of hydrogen-bond acceptors (Lipinski definition) is 5. The molecule has 0 bridgehead atoms. The fourth-order valence-electron chi connectivity index (χ4n) is 1.69. The van der Waals surface area contributed by atoms with Gasteiger partial charge in [-0.15, -0.1) is 0 Å². The number of nitrogens with zero attached hydrogens (tertiary/aromatic N) is 3. The highest BCUT2D eigenvalue weighted by molar-refractivity contribution is 6.28. The molecule has 0 amide bonds. The summed E-state index contributed by atoms with van der Waals surface area (Å²) in [4.78, 5) is 12.1. The number of rotatable bonds is 3. The van der Waals surface area contributed by atoms with Crippen LogP contribution in [0.5, 0.6) is 0 Å². The van der Waals surface area contributed by atoms with Gasteiger partial charge in [-0.05, 0) is 48.7 Å². The summed E-state index contributed by atoms with van der Waals surface area (Å²) in [6, 6.07) is 6.14. The van der Waals surface area contributed by atoms with Gasteiger partial charge in [0.05, 0.1) is 0 Å². The summed E-state index contributed by atoms with van der Waals surface area (Å²) in [5.74, 6) is 0.853. The van der Waals surface area contributed by atoms with Crippen molar-refractivity contribution in [2.45, 2.75) is 13.8 Å². The second-order valence-corrected chi connectivity index (χ2v) is 4.34. The number of anilines is 3. The third-order valence-corrected chi connectivity index (χ3v) is 2.48. The van der Waals surface area contributed by atoms with Crippen LogP contribution in [0.1, 0.15) is 11.1 Å². The van der Waals surface area contributed by atoms with Gasteiger partial charge in [-0.2, -0.15) is 15.0 Å². The van der Waals surface area contributed by atoms with Crippen molar-refractivity contribution in [3.63, 3.8) is 0 Å². The molecule has 5 nitrogen and oxygen atoms in total. The van der Waals surface area contributed by atoms with Gasteiger partial charge in [0.2, 0.25) is 17.2 Å². The van der Waals surface area contributed by atoms with E-state index >= 15 is 0 Å². The molecule has 1 aromatic heterocycles. The van der Waals surface area contributed by atoms with E-state index < -0.39 is 0 Å². The lowest BCUT2D eigenvalue weighted by atomic mass is 10.1. The Hall–Kier alpha value is -1.88. The van der Waals surface area contributed by atoms with Crippen molar-refractivity contribution in [1.82, 2.24) is 15.0 Å². The zero-order valence-electron chi connectivity index (χ0n) is 10.5. The van der Waals surface area contributed by atoms with E-state index in [4.69, 9.17) is 11.6 Å². The SMILES string of the molecule is CNc1nc(Cl)nc(Nc2cc(C)cc(C)c2)n1. The Morgan fingerprint density at radius 3 is 2.17 bits per heavy atom. The van der Waals surface area contributed by atoms with Crippen LogP contribution in [0, 0.1) is 13.8 Å². The maximum atomic E-state index is 5.82. The van der Waals surface area contributed by atoms with Crippen LogP contribution in [0.4, 0.5) is 17.6 Å². The molecule has 0 radical (unpaired) electrons. The van der Waals surface area contributed by atoms with Crippen molar-refractivity contribution in [1.29, 1.82) is 0 Å². The lowest BCUT2D eigenvalue weighted by Crippen LogP contribution is -2.03. The second kappa shape index (κ2) is 5.18. The Balaban J connectivity index is 2.30. The van der Waals surface area contributed by atoms with Gasteiger partial charge in [0.1, 0.15) is 0 Å². The Morgan fingerprint density at radius 2 is 1.56 bits per heavy atom. The summed E-state index contributed by atoms with van der Waals surface area (Å²) < 4.78 is 0. The van der Waals surface area contributed by atoms with Gasteiger partial charge in [0.15, 0.2) is 0 Å². The predicted octanol–water partition coefficient (Wildman–Crippen LogP) is 2.93. The Labute approximate surface area is 111 Å². The summed E-state index contributed by atoms with van der Waals surface area (Å²) in [5.41, 5.74) is 3.27. The Bertz CT molecular complexity index is 550. The van der Waals surface area contributed by atoms with Gasteiger partial charge in [-0.25, -0.2) is 0 Å². The molecule has 94 valence electrons. The molecule has 2 rings (SSSR count). The summed E-state index contributed by atoms with van der Waals surface area (Å²) in [7, 11) is 1.73. The first-order valence-corrected chi connectivity index (χ1v) is 5.89. The van der Waals surface area contributed by atoms with Crippen LogP contribution in [0.25, 0.3) is 0 Å². The lowest BCUT2D eigenvalue weighted by Gasteiger charge is -2.08. The molecule has 0 aliphatic heterocycles. The molecular weight excluding hydrogens is 250 g/mol. The third-order valence-electron chi connectivity index (χ3n) is 2.31. The first-order chi connectivity index (χ1) is 8.56. The summed E-state index contributed by atoms with van der Waals surface area (Å²) >= 11 is 5.82. The average Bonchev–Trinajstić information content (AvgIpc) is 2.26. The van der Waals surface area contributed by atoms with Gasteiger partial charge >= 0.3 is 0 Å². The zero-order chi connectivity index (χ0) is 13.1. The fraction of sp³-hybridized carbons (Fsp3) is 0.250. The molecule has 0 atom stereocenters. The van der Waals surface area contributed by atoms with E-state index in [-0.39, 0.29) is 5.28 Å². The van der Waals surface area contributed by atoms with E-state index in [1.165, 1.54) is 11.1 Å². The molecule has 0 fully saturated rings. The van der Waals surface area contributed by atoms with Gasteiger partial charge < -0.3 is 10.6 Å². The molecule has 6 heteroatoms. The molecule has 1 aromatic carbocycles. The molecule has 2 aromatic rings. The Morgan fingerprint density at radius 1 is 0.944 bits per heavy atom. The first kappa shape index (κ1) is 12.6. The topological polar surface area (TPSA) is 62.7 Å². The second-order valence-electron chi connectivity index (χ2n) is 4.00. The predicted molar refractivity (Wildman–Crippen MR) is 73.6 cm³/mol. The molecule has 0 aliphatic rings. The van der Waals surface area contributed by atoms with Crippen molar-refractivity contribution in [3.05, 3.63) is 34.6 Å². The van der Waals surface area contributed by atoms with Crippen molar-refractivity contribution in [2.75, 3.05) is 17.7 Å². The van der Waals surface area contributed by atoms with Crippen LogP contribution in [0.2, 0.25) is 5.28 Å². The van der Waals surface area contributed by atoms with Gasteiger partial charge in [0.25, 0.3) is 0 Å². The average molecular weight is 264 g/mol. The fourth-order valence-corrected chi connectivity index (χ4v) is 1.85. The van der Waals surface area contributed by atoms with Crippen LogP contribution in [-0.2, 0) is 0 Å². The standard InChI is InChI=1S/C12H14ClN5/c1-7-4-8(2)6-9(5-7)15-12-17-10(13)16-11(14-3)18-12/h4-6H,1-3H3,(H2,14,15,16,17,18). The lowest BCUT2D eigenvalue weighted by molar-refractivity contribution is 1.05. The number of nitrogens with one attached hydrogen (secondary N) is 2.